The van der Waals surface area contributed by atoms with E-state index in [1.54, 1.807) is 0 Å². The smallest absolute Gasteiger partial charge is 0.0702 e. The highest BCUT2D eigenvalue weighted by molar-refractivity contribution is 5.76. The third-order valence-electron chi connectivity index (χ3n) is 3.61. The minimum Gasteiger partial charge on any atom is -0.351 e. The zero-order chi connectivity index (χ0) is 15.4. The predicted molar refractivity (Wildman–Crippen MR) is 92.8 cm³/mol. The van der Waals surface area contributed by atoms with Crippen molar-refractivity contribution in [3.63, 3.8) is 0 Å². The fourth-order valence-corrected chi connectivity index (χ4v) is 2.36. The van der Waals surface area contributed by atoms with Crippen LogP contribution in [0.1, 0.15) is 5.56 Å². The average molecular weight is 286 g/mol. The number of nitrogens with zero attached hydrogens (tertiary/aromatic N) is 2. The topological polar surface area (TPSA) is 16.1 Å². The minimum atomic E-state index is 0.974. The first-order valence-corrected chi connectivity index (χ1v) is 7.24. The van der Waals surface area contributed by atoms with Crippen LogP contribution in [0, 0.1) is 0 Å². The molecule has 2 nitrogen and oxygen atoms in total. The van der Waals surface area contributed by atoms with Crippen LogP contribution in [0.3, 0.4) is 0 Å². The molecular weight excluding hydrogens is 268 g/mol. The van der Waals surface area contributed by atoms with Gasteiger partial charge in [0, 0.05) is 30.7 Å². The molecule has 0 bridgehead atoms. The van der Waals surface area contributed by atoms with Crippen molar-refractivity contribution in [2.45, 2.75) is 0 Å². The van der Waals surface area contributed by atoms with Crippen LogP contribution >= 0.6 is 0 Å². The SMILES string of the molecule is C=C(/C=C1/C=CC=CN1C)c1cccc(-c2ccccn2)c1. The van der Waals surface area contributed by atoms with Gasteiger partial charge >= 0.3 is 0 Å². The van der Waals surface area contributed by atoms with Gasteiger partial charge in [-0.3, -0.25) is 4.98 Å². The summed E-state index contributed by atoms with van der Waals surface area (Å²) in [6, 6.07) is 14.3. The lowest BCUT2D eigenvalue weighted by molar-refractivity contribution is 0.584. The molecule has 0 aliphatic carbocycles. The maximum Gasteiger partial charge on any atom is 0.0702 e. The molecule has 0 saturated heterocycles. The van der Waals surface area contributed by atoms with Crippen LogP contribution in [-0.4, -0.2) is 16.9 Å². The highest BCUT2D eigenvalue weighted by Gasteiger charge is 2.05. The Morgan fingerprint density at radius 2 is 2.05 bits per heavy atom. The molecule has 22 heavy (non-hydrogen) atoms. The van der Waals surface area contributed by atoms with Crippen LogP contribution in [0.4, 0.5) is 0 Å². The molecule has 1 aliphatic heterocycles. The van der Waals surface area contributed by atoms with E-state index in [4.69, 9.17) is 0 Å². The monoisotopic (exact) mass is 286 g/mol. The predicted octanol–water partition coefficient (Wildman–Crippen LogP) is 4.66. The van der Waals surface area contributed by atoms with E-state index < -0.39 is 0 Å². The number of hydrogen-bond donors (Lipinski definition) is 0. The zero-order valence-corrected chi connectivity index (χ0v) is 12.6. The Labute approximate surface area is 131 Å². The van der Waals surface area contributed by atoms with Gasteiger partial charge < -0.3 is 4.90 Å². The van der Waals surface area contributed by atoms with Gasteiger partial charge in [0.05, 0.1) is 5.69 Å². The van der Waals surface area contributed by atoms with Gasteiger partial charge in [-0.2, -0.15) is 0 Å². The van der Waals surface area contributed by atoms with E-state index in [1.165, 1.54) is 0 Å². The van der Waals surface area contributed by atoms with Gasteiger partial charge in [0.2, 0.25) is 0 Å². The Balaban J connectivity index is 1.89. The highest BCUT2D eigenvalue weighted by Crippen LogP contribution is 2.24. The molecule has 0 N–H and O–H groups in total. The normalized spacial score (nSPS) is 15.3. The molecule has 2 aromatic rings. The summed E-state index contributed by atoms with van der Waals surface area (Å²) in [4.78, 5) is 6.48. The quantitative estimate of drug-likeness (QED) is 0.815. The number of allylic oxidation sites excluding steroid dienone is 5. The molecule has 2 heterocycles. The summed E-state index contributed by atoms with van der Waals surface area (Å²) in [6.07, 6.45) is 12.1. The largest absolute Gasteiger partial charge is 0.351 e. The number of hydrogen-bond acceptors (Lipinski definition) is 2. The molecular formula is C20H18N2. The Kier molecular flexibility index (Phi) is 4.01. The van der Waals surface area contributed by atoms with Crippen molar-refractivity contribution in [2.75, 3.05) is 7.05 Å². The Hall–Kier alpha value is -2.87. The first-order chi connectivity index (χ1) is 10.7. The summed E-state index contributed by atoms with van der Waals surface area (Å²) in [5.74, 6) is 0. The molecule has 0 spiro atoms. The molecule has 0 fully saturated rings. The molecule has 1 aromatic heterocycles. The van der Waals surface area contributed by atoms with Crippen molar-refractivity contribution in [1.82, 2.24) is 9.88 Å². The van der Waals surface area contributed by atoms with E-state index in [2.05, 4.69) is 46.8 Å². The molecule has 1 aromatic carbocycles. The fourth-order valence-electron chi connectivity index (χ4n) is 2.36. The lowest BCUT2D eigenvalue weighted by atomic mass is 10.0. The third kappa shape index (κ3) is 3.07. The van der Waals surface area contributed by atoms with Crippen molar-refractivity contribution in [2.24, 2.45) is 0 Å². The maximum atomic E-state index is 4.40. The van der Waals surface area contributed by atoms with Gasteiger partial charge in [-0.15, -0.1) is 0 Å². The summed E-state index contributed by atoms with van der Waals surface area (Å²) in [6.45, 7) is 4.21. The summed E-state index contributed by atoms with van der Waals surface area (Å²) in [5, 5.41) is 0. The second-order valence-corrected chi connectivity index (χ2v) is 5.20. The van der Waals surface area contributed by atoms with Gasteiger partial charge in [0.25, 0.3) is 0 Å². The van der Waals surface area contributed by atoms with Crippen LogP contribution in [0.5, 0.6) is 0 Å². The van der Waals surface area contributed by atoms with Crippen molar-refractivity contribution in [3.05, 3.63) is 97.0 Å². The first kappa shape index (κ1) is 14.1. The summed E-state index contributed by atoms with van der Waals surface area (Å²) in [7, 11) is 2.03. The Bertz CT molecular complexity index is 767. The van der Waals surface area contributed by atoms with Gasteiger partial charge in [-0.05, 0) is 47.6 Å². The summed E-state index contributed by atoms with van der Waals surface area (Å²) in [5.41, 5.74) is 5.29. The molecule has 0 saturated carbocycles. The van der Waals surface area contributed by atoms with Crippen molar-refractivity contribution >= 4 is 5.57 Å². The van der Waals surface area contributed by atoms with Gasteiger partial charge in [-0.1, -0.05) is 36.9 Å². The van der Waals surface area contributed by atoms with Crippen LogP contribution < -0.4 is 0 Å². The van der Waals surface area contributed by atoms with Crippen LogP contribution in [0.2, 0.25) is 0 Å². The molecule has 0 atom stereocenters. The molecule has 1 aliphatic rings. The molecule has 108 valence electrons. The van der Waals surface area contributed by atoms with Crippen LogP contribution in [-0.2, 0) is 0 Å². The lowest BCUT2D eigenvalue weighted by Crippen LogP contribution is -2.10. The molecule has 0 radical (unpaired) electrons. The lowest BCUT2D eigenvalue weighted by Gasteiger charge is -2.18. The number of likely N-dealkylation sites (N-methyl/N-ethyl adjacent to an activating group) is 1. The zero-order valence-electron chi connectivity index (χ0n) is 12.6. The summed E-state index contributed by atoms with van der Waals surface area (Å²) < 4.78 is 0. The Morgan fingerprint density at radius 3 is 2.82 bits per heavy atom. The van der Waals surface area contributed by atoms with Gasteiger partial charge in [0.1, 0.15) is 0 Å². The molecule has 0 amide bonds. The molecule has 0 unspecified atom stereocenters. The van der Waals surface area contributed by atoms with E-state index >= 15 is 0 Å². The second kappa shape index (κ2) is 6.27. The van der Waals surface area contributed by atoms with Crippen LogP contribution in [0.25, 0.3) is 16.8 Å². The van der Waals surface area contributed by atoms with Gasteiger partial charge in [0.15, 0.2) is 0 Å². The van der Waals surface area contributed by atoms with E-state index in [-0.39, 0.29) is 0 Å². The molecule has 3 rings (SSSR count). The fraction of sp³-hybridized carbons (Fsp3) is 0.0500. The summed E-state index contributed by atoms with van der Waals surface area (Å²) >= 11 is 0. The minimum absolute atomic E-state index is 0.974. The number of aromatic nitrogens is 1. The van der Waals surface area contributed by atoms with Gasteiger partial charge in [-0.25, -0.2) is 0 Å². The van der Waals surface area contributed by atoms with E-state index in [9.17, 15) is 0 Å². The van der Waals surface area contributed by atoms with E-state index in [0.29, 0.717) is 0 Å². The number of rotatable bonds is 3. The standard InChI is InChI=1S/C20H18N2/c1-16(14-19-10-4-6-13-22(19)2)17-8-7-9-18(15-17)20-11-3-5-12-21-20/h3-15H,1H2,2H3/b19-14-. The number of benzene rings is 1. The first-order valence-electron chi connectivity index (χ1n) is 7.24. The third-order valence-corrected chi connectivity index (χ3v) is 3.61. The van der Waals surface area contributed by atoms with Crippen molar-refractivity contribution in [3.8, 4) is 11.3 Å². The maximum absolute atomic E-state index is 4.40. The van der Waals surface area contributed by atoms with Crippen molar-refractivity contribution in [1.29, 1.82) is 0 Å². The van der Waals surface area contributed by atoms with E-state index in [1.807, 2.05) is 55.9 Å². The van der Waals surface area contributed by atoms with E-state index in [0.717, 1.165) is 28.1 Å². The van der Waals surface area contributed by atoms with Crippen molar-refractivity contribution < 1.29 is 0 Å². The highest BCUT2D eigenvalue weighted by atomic mass is 15.1. The molecule has 2 heteroatoms. The Morgan fingerprint density at radius 1 is 1.14 bits per heavy atom. The second-order valence-electron chi connectivity index (χ2n) is 5.20. The van der Waals surface area contributed by atoms with Crippen LogP contribution in [0.15, 0.2) is 91.4 Å². The number of pyridine rings is 1. The average Bonchev–Trinajstić information content (AvgIpc) is 2.58.